The Bertz CT molecular complexity index is 738. The number of hydrogen-bond donors (Lipinski definition) is 3. The second-order valence-corrected chi connectivity index (χ2v) is 7.67. The van der Waals surface area contributed by atoms with Gasteiger partial charge in [-0.1, -0.05) is 6.08 Å². The molecule has 1 aliphatic rings. The largest absolute Gasteiger partial charge is 0.398 e. The van der Waals surface area contributed by atoms with Crippen LogP contribution < -0.4 is 16.2 Å². The summed E-state index contributed by atoms with van der Waals surface area (Å²) in [7, 11) is -7.01. The lowest BCUT2D eigenvalue weighted by Gasteiger charge is -2.13. The number of rotatable bonds is 3. The van der Waals surface area contributed by atoms with E-state index in [0.29, 0.717) is 5.69 Å². The van der Waals surface area contributed by atoms with Gasteiger partial charge in [-0.25, -0.2) is 22.0 Å². The topological polar surface area (TPSA) is 132 Å². The smallest absolute Gasteiger partial charge is 0.240 e. The van der Waals surface area contributed by atoms with Gasteiger partial charge in [0.1, 0.15) is 4.90 Å². The van der Waals surface area contributed by atoms with Crippen LogP contribution in [0.4, 0.5) is 11.4 Å². The highest BCUT2D eigenvalue weighted by molar-refractivity contribution is 7.94. The molecule has 0 bridgehead atoms. The average Bonchev–Trinajstić information content (AvgIpc) is 2.56. The first kappa shape index (κ1) is 13.8. The summed E-state index contributed by atoms with van der Waals surface area (Å²) in [6.07, 6.45) is 1.53. The summed E-state index contributed by atoms with van der Waals surface area (Å²) in [5.74, 6) is -0.0379. The predicted molar refractivity (Wildman–Crippen MR) is 72.6 cm³/mol. The first-order chi connectivity index (χ1) is 8.67. The third kappa shape index (κ3) is 3.25. The third-order valence-electron chi connectivity index (χ3n) is 2.60. The van der Waals surface area contributed by atoms with E-state index >= 15 is 0 Å². The Hall–Kier alpha value is -1.58. The Balaban J connectivity index is 2.21. The van der Waals surface area contributed by atoms with Gasteiger partial charge >= 0.3 is 0 Å². The molecule has 9 heteroatoms. The van der Waals surface area contributed by atoms with Crippen LogP contribution in [-0.4, -0.2) is 28.6 Å². The van der Waals surface area contributed by atoms with E-state index in [2.05, 4.69) is 5.32 Å². The number of anilines is 2. The van der Waals surface area contributed by atoms with E-state index in [0.717, 1.165) is 5.41 Å². The molecule has 2 rings (SSSR count). The molecule has 104 valence electrons. The lowest BCUT2D eigenvalue weighted by Crippen LogP contribution is -2.21. The molecule has 1 heterocycles. The maximum atomic E-state index is 11.2. The van der Waals surface area contributed by atoms with E-state index in [4.69, 9.17) is 10.9 Å². The lowest BCUT2D eigenvalue weighted by atomic mass is 10.2. The lowest BCUT2D eigenvalue weighted by molar-refractivity contribution is 0.598. The highest BCUT2D eigenvalue weighted by atomic mass is 32.2. The number of primary sulfonamides is 1. The predicted octanol–water partition coefficient (Wildman–Crippen LogP) is -0.361. The molecule has 0 radical (unpaired) electrons. The maximum Gasteiger partial charge on any atom is 0.240 e. The van der Waals surface area contributed by atoms with Crippen molar-refractivity contribution >= 4 is 31.2 Å². The van der Waals surface area contributed by atoms with Gasteiger partial charge in [-0.3, -0.25) is 0 Å². The number of nitrogen functional groups attached to an aromatic ring is 1. The van der Waals surface area contributed by atoms with Gasteiger partial charge < -0.3 is 11.1 Å². The monoisotopic (exact) mass is 303 g/mol. The molecule has 0 saturated carbocycles. The number of sulfonamides is 1. The van der Waals surface area contributed by atoms with Crippen molar-refractivity contribution in [3.8, 4) is 0 Å². The molecule has 1 unspecified atom stereocenters. The van der Waals surface area contributed by atoms with Gasteiger partial charge in [-0.15, -0.1) is 0 Å². The van der Waals surface area contributed by atoms with Crippen LogP contribution in [0.3, 0.4) is 0 Å². The van der Waals surface area contributed by atoms with Crippen LogP contribution in [0.25, 0.3) is 0 Å². The summed E-state index contributed by atoms with van der Waals surface area (Å²) < 4.78 is 44.8. The summed E-state index contributed by atoms with van der Waals surface area (Å²) >= 11 is 0. The number of sulfone groups is 1. The van der Waals surface area contributed by atoms with Gasteiger partial charge in [0, 0.05) is 11.1 Å². The molecular weight excluding hydrogens is 290 g/mol. The average molecular weight is 303 g/mol. The second-order valence-electron chi connectivity index (χ2n) is 4.21. The molecular formula is C10H13N3O4S2. The van der Waals surface area contributed by atoms with Crippen molar-refractivity contribution in [2.45, 2.75) is 10.9 Å². The Morgan fingerprint density at radius 2 is 2.00 bits per heavy atom. The molecule has 7 nitrogen and oxygen atoms in total. The van der Waals surface area contributed by atoms with Crippen LogP contribution >= 0.6 is 0 Å². The van der Waals surface area contributed by atoms with Crippen molar-refractivity contribution in [3.63, 3.8) is 0 Å². The van der Waals surface area contributed by atoms with Crippen molar-refractivity contribution in [3.05, 3.63) is 29.7 Å². The summed E-state index contributed by atoms with van der Waals surface area (Å²) in [6, 6.07) is 3.80. The van der Waals surface area contributed by atoms with Crippen molar-refractivity contribution in [2.24, 2.45) is 5.14 Å². The minimum atomic E-state index is -3.86. The zero-order valence-electron chi connectivity index (χ0n) is 9.78. The molecule has 1 aromatic rings. The molecule has 1 aromatic carbocycles. The van der Waals surface area contributed by atoms with Gasteiger partial charge in [-0.2, -0.15) is 0 Å². The molecule has 1 atom stereocenters. The van der Waals surface area contributed by atoms with Crippen molar-refractivity contribution in [2.75, 3.05) is 16.8 Å². The van der Waals surface area contributed by atoms with E-state index < -0.39 is 19.9 Å². The molecule has 0 spiro atoms. The Morgan fingerprint density at radius 1 is 1.32 bits per heavy atom. The molecule has 19 heavy (non-hydrogen) atoms. The summed E-state index contributed by atoms with van der Waals surface area (Å²) in [6.45, 7) is 0. The van der Waals surface area contributed by atoms with Gasteiger partial charge in [0.2, 0.25) is 10.0 Å². The standard InChI is InChI=1S/C10H13N3O4S2/c11-9-5-7(1-2-10(9)19(12,16)17)13-8-3-4-18(14,15)6-8/h1-5,8,13H,6,11H2,(H2,12,16,17). The Labute approximate surface area is 111 Å². The second kappa shape index (κ2) is 4.51. The summed E-state index contributed by atoms with van der Waals surface area (Å²) in [4.78, 5) is -0.160. The van der Waals surface area contributed by atoms with Crippen LogP contribution in [0.5, 0.6) is 0 Å². The number of benzene rings is 1. The fraction of sp³-hybridized carbons (Fsp3) is 0.200. The van der Waals surface area contributed by atoms with Gasteiger partial charge in [-0.05, 0) is 18.2 Å². The molecule has 5 N–H and O–H groups in total. The quantitative estimate of drug-likeness (QED) is 0.653. The Morgan fingerprint density at radius 3 is 2.47 bits per heavy atom. The van der Waals surface area contributed by atoms with Crippen molar-refractivity contribution in [1.82, 2.24) is 0 Å². The molecule has 0 amide bonds. The van der Waals surface area contributed by atoms with Crippen LogP contribution in [0.2, 0.25) is 0 Å². The molecule has 0 saturated heterocycles. The fourth-order valence-corrected chi connectivity index (χ4v) is 3.66. The number of nitrogens with two attached hydrogens (primary N) is 2. The normalized spacial score (nSPS) is 21.4. The molecule has 1 aliphatic heterocycles. The van der Waals surface area contributed by atoms with Crippen LogP contribution in [0.1, 0.15) is 0 Å². The van der Waals surface area contributed by atoms with E-state index in [-0.39, 0.29) is 22.4 Å². The number of nitrogens with one attached hydrogen (secondary N) is 1. The minimum absolute atomic E-state index is 0.0114. The first-order valence-electron chi connectivity index (χ1n) is 5.27. The maximum absolute atomic E-state index is 11.2. The van der Waals surface area contributed by atoms with E-state index in [1.165, 1.54) is 24.3 Å². The van der Waals surface area contributed by atoms with Crippen LogP contribution in [0, 0.1) is 0 Å². The van der Waals surface area contributed by atoms with Gasteiger partial charge in [0.15, 0.2) is 9.84 Å². The molecule has 0 aromatic heterocycles. The highest BCUT2D eigenvalue weighted by Crippen LogP contribution is 2.23. The fourth-order valence-electron chi connectivity index (χ4n) is 1.78. The third-order valence-corrected chi connectivity index (χ3v) is 4.98. The zero-order valence-corrected chi connectivity index (χ0v) is 11.4. The van der Waals surface area contributed by atoms with Gasteiger partial charge in [0.05, 0.1) is 17.5 Å². The summed E-state index contributed by atoms with van der Waals surface area (Å²) in [5, 5.41) is 9.07. The van der Waals surface area contributed by atoms with Gasteiger partial charge in [0.25, 0.3) is 0 Å². The van der Waals surface area contributed by atoms with Crippen molar-refractivity contribution in [1.29, 1.82) is 0 Å². The molecule has 0 aliphatic carbocycles. The van der Waals surface area contributed by atoms with Crippen LogP contribution in [0.15, 0.2) is 34.6 Å². The van der Waals surface area contributed by atoms with E-state index in [1.807, 2.05) is 0 Å². The molecule has 0 fully saturated rings. The minimum Gasteiger partial charge on any atom is -0.398 e. The first-order valence-corrected chi connectivity index (χ1v) is 8.53. The van der Waals surface area contributed by atoms with Crippen LogP contribution in [-0.2, 0) is 19.9 Å². The summed E-state index contributed by atoms with van der Waals surface area (Å²) in [5.41, 5.74) is 6.14. The number of hydrogen-bond acceptors (Lipinski definition) is 6. The SMILES string of the molecule is Nc1cc(NC2C=CS(=O)(=O)C2)ccc1S(N)(=O)=O. The highest BCUT2D eigenvalue weighted by Gasteiger charge is 2.21. The zero-order chi connectivity index (χ0) is 14.3. The Kier molecular flexibility index (Phi) is 3.29. The van der Waals surface area contributed by atoms with E-state index in [1.54, 1.807) is 0 Å². The van der Waals surface area contributed by atoms with Crippen molar-refractivity contribution < 1.29 is 16.8 Å². The van der Waals surface area contributed by atoms with E-state index in [9.17, 15) is 16.8 Å².